The van der Waals surface area contributed by atoms with Gasteiger partial charge in [0.1, 0.15) is 23.7 Å². The fourth-order valence-electron chi connectivity index (χ4n) is 8.34. The number of likely N-dealkylation sites (tertiary alicyclic amines) is 2. The number of ether oxygens (including phenoxy) is 3. The third-order valence-corrected chi connectivity index (χ3v) is 11.8. The minimum Gasteiger partial charge on any atom is -0.453 e. The van der Waals surface area contributed by atoms with Crippen LogP contribution in [0.4, 0.5) is 9.59 Å². The van der Waals surface area contributed by atoms with Crippen LogP contribution in [0.2, 0.25) is 0 Å². The molecule has 0 aliphatic carbocycles. The fourth-order valence-corrected chi connectivity index (χ4v) is 8.34. The molecule has 15 heteroatoms. The number of carbonyl (C=O) groups excluding carboxylic acids is 4. The highest BCUT2D eigenvalue weighted by Gasteiger charge is 2.39. The summed E-state index contributed by atoms with van der Waals surface area (Å²) in [6, 6.07) is 22.8. The molecule has 2 fully saturated rings. The average molecular weight is 831 g/mol. The van der Waals surface area contributed by atoms with Crippen molar-refractivity contribution in [3.05, 3.63) is 96.8 Å². The molecule has 2 aromatic heterocycles. The number of nitrogens with zero attached hydrogens (tertiary/aromatic N) is 4. The van der Waals surface area contributed by atoms with Crippen molar-refractivity contribution in [1.82, 2.24) is 40.4 Å². The number of carbonyl (C=O) groups is 4. The summed E-state index contributed by atoms with van der Waals surface area (Å²) in [5, 5.41) is 5.34. The quantitative estimate of drug-likeness (QED) is 0.0948. The van der Waals surface area contributed by atoms with E-state index >= 15 is 0 Å². The van der Waals surface area contributed by atoms with E-state index in [-0.39, 0.29) is 29.8 Å². The first-order valence-corrected chi connectivity index (χ1v) is 20.7. The lowest BCUT2D eigenvalue weighted by Crippen LogP contribution is -2.54. The van der Waals surface area contributed by atoms with Crippen LogP contribution in [0.3, 0.4) is 0 Å². The van der Waals surface area contributed by atoms with Gasteiger partial charge < -0.3 is 44.6 Å². The van der Waals surface area contributed by atoms with E-state index in [1.54, 1.807) is 24.2 Å². The van der Waals surface area contributed by atoms with Crippen LogP contribution >= 0.6 is 0 Å². The number of methoxy groups -OCH3 is 3. The summed E-state index contributed by atoms with van der Waals surface area (Å²) in [6.07, 6.45) is 4.83. The first-order chi connectivity index (χ1) is 29.5. The number of H-pyrrole nitrogens is 2. The number of hydrogen-bond donors (Lipinski definition) is 4. The lowest BCUT2D eigenvalue weighted by molar-refractivity contribution is -0.137. The monoisotopic (exact) mass is 830 g/mol. The maximum absolute atomic E-state index is 13.8. The molecule has 0 saturated carbocycles. The van der Waals surface area contributed by atoms with E-state index in [0.29, 0.717) is 24.7 Å². The third-order valence-electron chi connectivity index (χ3n) is 11.8. The van der Waals surface area contributed by atoms with Crippen molar-refractivity contribution in [2.24, 2.45) is 5.92 Å². The Morgan fingerprint density at radius 3 is 1.67 bits per heavy atom. The molecular weight excluding hydrogens is 777 g/mol. The maximum atomic E-state index is 13.8. The molecule has 5 aromatic rings. The number of aromatic nitrogens is 4. The minimum absolute atomic E-state index is 0.119. The number of hydrogen-bond acceptors (Lipinski definition) is 9. The largest absolute Gasteiger partial charge is 0.453 e. The highest BCUT2D eigenvalue weighted by atomic mass is 16.5. The highest BCUT2D eigenvalue weighted by Crippen LogP contribution is 2.38. The van der Waals surface area contributed by atoms with Gasteiger partial charge in [0.25, 0.3) is 0 Å². The summed E-state index contributed by atoms with van der Waals surface area (Å²) in [6.45, 7) is 6.64. The molecule has 2 aliphatic heterocycles. The van der Waals surface area contributed by atoms with Crippen molar-refractivity contribution in [3.8, 4) is 44.8 Å². The SMILES string of the molecule is COC(=O)NC(C(=O)N1CCCC1c1ncc(-c2ccc(-c3ccc(-c4cnc(C5CCCN5C(=O)C(NC(=O)OC)C(C)OC)[nH]4)cc3-c3ccccc3)cc2)[nH]1)C(C)C. The molecule has 0 spiro atoms. The number of imidazole rings is 2. The fraction of sp³-hybridized carbons (Fsp3) is 0.391. The van der Waals surface area contributed by atoms with E-state index < -0.39 is 30.4 Å². The Morgan fingerprint density at radius 2 is 1.13 bits per heavy atom. The number of aromatic amines is 2. The molecule has 4 N–H and O–H groups in total. The lowest BCUT2D eigenvalue weighted by Gasteiger charge is -2.30. The molecule has 0 radical (unpaired) electrons. The van der Waals surface area contributed by atoms with E-state index in [1.807, 2.05) is 36.9 Å². The second-order valence-corrected chi connectivity index (χ2v) is 15.9. The maximum Gasteiger partial charge on any atom is 0.407 e. The second kappa shape index (κ2) is 18.8. The number of alkyl carbamates (subject to hydrolysis) is 2. The predicted molar refractivity (Wildman–Crippen MR) is 230 cm³/mol. The molecule has 4 amide bonds. The van der Waals surface area contributed by atoms with E-state index in [2.05, 4.69) is 75.2 Å². The van der Waals surface area contributed by atoms with Gasteiger partial charge in [-0.05, 0) is 72.4 Å². The Kier molecular flexibility index (Phi) is 13.2. The van der Waals surface area contributed by atoms with Crippen molar-refractivity contribution in [2.45, 2.75) is 76.7 Å². The van der Waals surface area contributed by atoms with Crippen LogP contribution in [0.25, 0.3) is 44.8 Å². The van der Waals surface area contributed by atoms with Crippen molar-refractivity contribution < 1.29 is 33.4 Å². The van der Waals surface area contributed by atoms with Crippen LogP contribution in [0.1, 0.15) is 70.2 Å². The molecule has 2 aliphatic rings. The molecule has 5 unspecified atom stereocenters. The van der Waals surface area contributed by atoms with Crippen LogP contribution in [-0.4, -0.2) is 106 Å². The Morgan fingerprint density at radius 1 is 0.639 bits per heavy atom. The van der Waals surface area contributed by atoms with Crippen LogP contribution in [0.15, 0.2) is 85.2 Å². The molecule has 7 rings (SSSR count). The van der Waals surface area contributed by atoms with E-state index in [4.69, 9.17) is 24.2 Å². The Hall–Kier alpha value is -6.48. The third kappa shape index (κ3) is 9.16. The molecule has 61 heavy (non-hydrogen) atoms. The number of rotatable bonds is 13. The van der Waals surface area contributed by atoms with Crippen molar-refractivity contribution in [1.29, 1.82) is 0 Å². The van der Waals surface area contributed by atoms with E-state index in [1.165, 1.54) is 21.3 Å². The summed E-state index contributed by atoms with van der Waals surface area (Å²) in [7, 11) is 4.05. The normalized spacial score (nSPS) is 17.8. The van der Waals surface area contributed by atoms with Crippen LogP contribution in [0.5, 0.6) is 0 Å². The smallest absolute Gasteiger partial charge is 0.407 e. The van der Waals surface area contributed by atoms with Crippen molar-refractivity contribution >= 4 is 24.0 Å². The molecule has 5 atom stereocenters. The zero-order valence-electron chi connectivity index (χ0n) is 35.4. The number of amides is 4. The van der Waals surface area contributed by atoms with E-state index in [0.717, 1.165) is 70.5 Å². The standard InChI is InChI=1S/C46H54N8O7/c1-27(2)39(51-45(57)60-5)43(55)53-22-10-14-37(53)41-47-25-35(49-41)31-18-16-30(17-19-31)33-21-20-32(24-34(33)29-12-8-7-9-13-29)36-26-48-42(50-36)38-15-11-23-54(38)44(56)40(28(3)59-4)52-46(58)61-6/h7-9,12-13,16-21,24-28,37-40H,10-11,14-15,22-23H2,1-6H3,(H,47,49)(H,48,50)(H,51,57)(H,52,58). The summed E-state index contributed by atoms with van der Waals surface area (Å²) in [4.78, 5) is 71.6. The summed E-state index contributed by atoms with van der Waals surface area (Å²) < 4.78 is 15.0. The summed E-state index contributed by atoms with van der Waals surface area (Å²) >= 11 is 0. The summed E-state index contributed by atoms with van der Waals surface area (Å²) in [5.74, 6) is 0.860. The predicted octanol–water partition coefficient (Wildman–Crippen LogP) is 7.27. The zero-order chi connectivity index (χ0) is 43.2. The molecule has 320 valence electrons. The second-order valence-electron chi connectivity index (χ2n) is 15.9. The van der Waals surface area contributed by atoms with E-state index in [9.17, 15) is 19.2 Å². The minimum atomic E-state index is -0.915. The Labute approximate surface area is 355 Å². The molecule has 2 saturated heterocycles. The van der Waals surface area contributed by atoms with Gasteiger partial charge in [0.05, 0.1) is 56.2 Å². The topological polar surface area (TPSA) is 184 Å². The zero-order valence-corrected chi connectivity index (χ0v) is 35.4. The number of nitrogens with one attached hydrogen (secondary N) is 4. The van der Waals surface area contributed by atoms with Gasteiger partial charge in [0.15, 0.2) is 0 Å². The lowest BCUT2D eigenvalue weighted by atomic mass is 9.91. The van der Waals surface area contributed by atoms with Gasteiger partial charge in [0.2, 0.25) is 11.8 Å². The van der Waals surface area contributed by atoms with Crippen molar-refractivity contribution in [2.75, 3.05) is 34.4 Å². The Bertz CT molecular complexity index is 2330. The van der Waals surface area contributed by atoms with Gasteiger partial charge in [-0.1, -0.05) is 80.6 Å². The Balaban J connectivity index is 1.11. The molecule has 3 aromatic carbocycles. The van der Waals surface area contributed by atoms with Crippen LogP contribution < -0.4 is 10.6 Å². The number of benzene rings is 3. The summed E-state index contributed by atoms with van der Waals surface area (Å²) in [5.41, 5.74) is 7.74. The first-order valence-electron chi connectivity index (χ1n) is 20.7. The molecule has 0 bridgehead atoms. The molecular formula is C46H54N8O7. The van der Waals surface area contributed by atoms with Gasteiger partial charge in [0, 0.05) is 25.8 Å². The average Bonchev–Trinajstić information content (AvgIpc) is 4.14. The van der Waals surface area contributed by atoms with Gasteiger partial charge in [-0.3, -0.25) is 9.59 Å². The molecule has 15 nitrogen and oxygen atoms in total. The highest BCUT2D eigenvalue weighted by molar-refractivity contribution is 5.89. The van der Waals surface area contributed by atoms with Crippen LogP contribution in [0, 0.1) is 5.92 Å². The van der Waals surface area contributed by atoms with Crippen molar-refractivity contribution in [3.63, 3.8) is 0 Å². The molecule has 4 heterocycles. The van der Waals surface area contributed by atoms with Gasteiger partial charge >= 0.3 is 12.2 Å². The van der Waals surface area contributed by atoms with Gasteiger partial charge in [-0.2, -0.15) is 0 Å². The van der Waals surface area contributed by atoms with Gasteiger partial charge in [-0.15, -0.1) is 0 Å². The first kappa shape index (κ1) is 42.6. The van der Waals surface area contributed by atoms with Gasteiger partial charge in [-0.25, -0.2) is 19.6 Å². The van der Waals surface area contributed by atoms with Crippen LogP contribution in [-0.2, 0) is 23.8 Å².